The highest BCUT2D eigenvalue weighted by molar-refractivity contribution is 7.10. The summed E-state index contributed by atoms with van der Waals surface area (Å²) in [5.41, 5.74) is 7.38. The average molecular weight is 371 g/mol. The molecule has 26 heavy (non-hydrogen) atoms. The maximum atomic E-state index is 11.9. The largest absolute Gasteiger partial charge is 0.326 e. The summed E-state index contributed by atoms with van der Waals surface area (Å²) in [6.07, 6.45) is 2.99. The summed E-state index contributed by atoms with van der Waals surface area (Å²) in [6, 6.07) is 9.48. The Morgan fingerprint density at radius 3 is 2.50 bits per heavy atom. The van der Waals surface area contributed by atoms with Gasteiger partial charge in [0.15, 0.2) is 0 Å². The molecule has 2 rings (SSSR count). The number of carbonyl (C=O) groups is 3. The number of anilines is 1. The Morgan fingerprint density at radius 2 is 1.81 bits per heavy atom. The molecule has 0 saturated carbocycles. The molecule has 0 aliphatic heterocycles. The molecule has 1 heterocycles. The van der Waals surface area contributed by atoms with Gasteiger partial charge in [-0.25, -0.2) is 0 Å². The van der Waals surface area contributed by atoms with Crippen LogP contribution in [0.1, 0.15) is 28.8 Å². The normalized spacial score (nSPS) is 10.5. The standard InChI is InChI=1S/C19H21N3O3S/c1-13-5-7-16(14(2)12-13)20-17(23)9-10-19(25)22-21-18(24)8-6-15-4-3-11-26-15/h3-8,11-12H,9-10H2,1-2H3,(H,20,23)(H,21,24)(H,22,25)/b8-6+. The number of hydrazine groups is 1. The van der Waals surface area contributed by atoms with E-state index >= 15 is 0 Å². The number of amides is 3. The van der Waals surface area contributed by atoms with Crippen molar-refractivity contribution < 1.29 is 14.4 Å². The molecule has 0 fully saturated rings. The minimum Gasteiger partial charge on any atom is -0.326 e. The molecule has 0 radical (unpaired) electrons. The van der Waals surface area contributed by atoms with Crippen LogP contribution in [0.25, 0.3) is 6.08 Å². The second-order valence-corrected chi connectivity index (χ2v) is 6.73. The van der Waals surface area contributed by atoms with Crippen molar-refractivity contribution in [2.75, 3.05) is 5.32 Å². The molecule has 3 N–H and O–H groups in total. The number of nitrogens with one attached hydrogen (secondary N) is 3. The molecule has 136 valence electrons. The van der Waals surface area contributed by atoms with Gasteiger partial charge in [0, 0.05) is 29.5 Å². The lowest BCUT2D eigenvalue weighted by molar-refractivity contribution is -0.128. The van der Waals surface area contributed by atoms with Gasteiger partial charge in [0.05, 0.1) is 0 Å². The fourth-order valence-electron chi connectivity index (χ4n) is 2.17. The molecule has 0 bridgehead atoms. The van der Waals surface area contributed by atoms with Gasteiger partial charge in [-0.3, -0.25) is 25.2 Å². The summed E-state index contributed by atoms with van der Waals surface area (Å²) in [5, 5.41) is 4.68. The van der Waals surface area contributed by atoms with Crippen molar-refractivity contribution in [3.05, 3.63) is 57.8 Å². The van der Waals surface area contributed by atoms with Crippen LogP contribution in [0, 0.1) is 13.8 Å². The molecular weight excluding hydrogens is 350 g/mol. The van der Waals surface area contributed by atoms with Crippen LogP contribution in [0.2, 0.25) is 0 Å². The first kappa shape index (κ1) is 19.4. The first-order valence-electron chi connectivity index (χ1n) is 8.11. The van der Waals surface area contributed by atoms with Crippen LogP contribution in [-0.4, -0.2) is 17.7 Å². The number of rotatable bonds is 6. The van der Waals surface area contributed by atoms with Crippen LogP contribution in [0.15, 0.2) is 41.8 Å². The third-order valence-electron chi connectivity index (χ3n) is 3.50. The summed E-state index contributed by atoms with van der Waals surface area (Å²) in [7, 11) is 0. The van der Waals surface area contributed by atoms with Crippen LogP contribution >= 0.6 is 11.3 Å². The smallest absolute Gasteiger partial charge is 0.262 e. The minimum absolute atomic E-state index is 0.0222. The molecule has 1 aromatic heterocycles. The van der Waals surface area contributed by atoms with Gasteiger partial charge in [0.2, 0.25) is 11.8 Å². The Balaban J connectivity index is 1.69. The summed E-state index contributed by atoms with van der Waals surface area (Å²) in [4.78, 5) is 36.2. The predicted octanol–water partition coefficient (Wildman–Crippen LogP) is 2.94. The quantitative estimate of drug-likeness (QED) is 0.539. The molecule has 0 spiro atoms. The fraction of sp³-hybridized carbons (Fsp3) is 0.211. The molecule has 6 nitrogen and oxygen atoms in total. The molecule has 0 atom stereocenters. The fourth-order valence-corrected chi connectivity index (χ4v) is 2.79. The maximum Gasteiger partial charge on any atom is 0.262 e. The van der Waals surface area contributed by atoms with E-state index in [0.29, 0.717) is 0 Å². The van der Waals surface area contributed by atoms with E-state index in [1.807, 2.05) is 49.6 Å². The van der Waals surface area contributed by atoms with Gasteiger partial charge in [-0.15, -0.1) is 11.3 Å². The van der Waals surface area contributed by atoms with Crippen molar-refractivity contribution >= 4 is 40.8 Å². The third kappa shape index (κ3) is 6.52. The minimum atomic E-state index is -0.438. The summed E-state index contributed by atoms with van der Waals surface area (Å²) in [5.74, 6) is -1.12. The number of benzene rings is 1. The molecule has 0 aliphatic rings. The van der Waals surface area contributed by atoms with E-state index in [4.69, 9.17) is 0 Å². The lowest BCUT2D eigenvalue weighted by atomic mass is 10.1. The van der Waals surface area contributed by atoms with Crippen molar-refractivity contribution in [1.82, 2.24) is 10.9 Å². The van der Waals surface area contributed by atoms with Crippen molar-refractivity contribution in [3.8, 4) is 0 Å². The number of thiophene rings is 1. The van der Waals surface area contributed by atoms with Crippen molar-refractivity contribution in [2.24, 2.45) is 0 Å². The highest BCUT2D eigenvalue weighted by Crippen LogP contribution is 2.16. The molecular formula is C19H21N3O3S. The third-order valence-corrected chi connectivity index (χ3v) is 4.34. The summed E-state index contributed by atoms with van der Waals surface area (Å²) >= 11 is 1.50. The van der Waals surface area contributed by atoms with E-state index in [0.717, 1.165) is 21.7 Å². The van der Waals surface area contributed by atoms with E-state index < -0.39 is 11.8 Å². The lowest BCUT2D eigenvalue weighted by Gasteiger charge is -2.09. The molecule has 2 aromatic rings. The first-order chi connectivity index (χ1) is 12.4. The average Bonchev–Trinajstić information content (AvgIpc) is 3.12. The Kier molecular flexibility index (Phi) is 7.11. The van der Waals surface area contributed by atoms with Gasteiger partial charge in [-0.05, 0) is 43.0 Å². The highest BCUT2D eigenvalue weighted by Gasteiger charge is 2.09. The predicted molar refractivity (Wildman–Crippen MR) is 103 cm³/mol. The van der Waals surface area contributed by atoms with Crippen LogP contribution in [-0.2, 0) is 14.4 Å². The van der Waals surface area contributed by atoms with Gasteiger partial charge in [-0.2, -0.15) is 0 Å². The van der Waals surface area contributed by atoms with Crippen molar-refractivity contribution in [2.45, 2.75) is 26.7 Å². The number of carbonyl (C=O) groups excluding carboxylic acids is 3. The summed E-state index contributed by atoms with van der Waals surface area (Å²) < 4.78 is 0. The topological polar surface area (TPSA) is 87.3 Å². The zero-order valence-corrected chi connectivity index (χ0v) is 15.5. The van der Waals surface area contributed by atoms with E-state index in [1.54, 1.807) is 6.08 Å². The maximum absolute atomic E-state index is 11.9. The zero-order valence-electron chi connectivity index (χ0n) is 14.7. The Hall–Kier alpha value is -2.93. The molecule has 0 unspecified atom stereocenters. The van der Waals surface area contributed by atoms with Gasteiger partial charge in [-0.1, -0.05) is 23.8 Å². The van der Waals surface area contributed by atoms with Gasteiger partial charge in [0.1, 0.15) is 0 Å². The second-order valence-electron chi connectivity index (χ2n) is 5.75. The summed E-state index contributed by atoms with van der Waals surface area (Å²) in [6.45, 7) is 3.89. The van der Waals surface area contributed by atoms with Crippen LogP contribution in [0.3, 0.4) is 0 Å². The molecule has 1 aromatic carbocycles. The van der Waals surface area contributed by atoms with E-state index in [2.05, 4.69) is 16.2 Å². The number of aryl methyl sites for hydroxylation is 2. The van der Waals surface area contributed by atoms with Gasteiger partial charge >= 0.3 is 0 Å². The van der Waals surface area contributed by atoms with Gasteiger partial charge < -0.3 is 5.32 Å². The SMILES string of the molecule is Cc1ccc(NC(=O)CCC(=O)NNC(=O)/C=C/c2cccs2)c(C)c1. The Bertz CT molecular complexity index is 813. The first-order valence-corrected chi connectivity index (χ1v) is 8.99. The van der Waals surface area contributed by atoms with Crippen LogP contribution in [0.5, 0.6) is 0 Å². The lowest BCUT2D eigenvalue weighted by Crippen LogP contribution is -2.41. The molecule has 0 aliphatic carbocycles. The van der Waals surface area contributed by atoms with Crippen molar-refractivity contribution in [3.63, 3.8) is 0 Å². The van der Waals surface area contributed by atoms with Gasteiger partial charge in [0.25, 0.3) is 5.91 Å². The second kappa shape index (κ2) is 9.53. The zero-order chi connectivity index (χ0) is 18.9. The Labute approximate surface area is 156 Å². The Morgan fingerprint density at radius 1 is 1.04 bits per heavy atom. The highest BCUT2D eigenvalue weighted by atomic mass is 32.1. The number of hydrogen-bond acceptors (Lipinski definition) is 4. The molecule has 0 saturated heterocycles. The monoisotopic (exact) mass is 371 g/mol. The molecule has 7 heteroatoms. The van der Waals surface area contributed by atoms with Crippen molar-refractivity contribution in [1.29, 1.82) is 0 Å². The number of hydrogen-bond donors (Lipinski definition) is 3. The van der Waals surface area contributed by atoms with E-state index in [9.17, 15) is 14.4 Å². The van der Waals surface area contributed by atoms with Crippen LogP contribution < -0.4 is 16.2 Å². The van der Waals surface area contributed by atoms with E-state index in [-0.39, 0.29) is 18.7 Å². The molecule has 3 amide bonds. The van der Waals surface area contributed by atoms with E-state index in [1.165, 1.54) is 17.4 Å². The van der Waals surface area contributed by atoms with Crippen LogP contribution in [0.4, 0.5) is 5.69 Å².